The van der Waals surface area contributed by atoms with Gasteiger partial charge < -0.3 is 9.47 Å². The van der Waals surface area contributed by atoms with E-state index in [1.807, 2.05) is 0 Å². The zero-order valence-corrected chi connectivity index (χ0v) is 16.6. The van der Waals surface area contributed by atoms with Gasteiger partial charge >= 0.3 is 11.9 Å². The summed E-state index contributed by atoms with van der Waals surface area (Å²) in [6.45, 7) is 3.69. The second-order valence-electron chi connectivity index (χ2n) is 6.40. The molecule has 0 atom stereocenters. The van der Waals surface area contributed by atoms with Crippen molar-refractivity contribution in [3.8, 4) is 22.3 Å². The Morgan fingerprint density at radius 3 is 1.30 bits per heavy atom. The predicted octanol–water partition coefficient (Wildman–Crippen LogP) is 5.65. The van der Waals surface area contributed by atoms with Crippen LogP contribution in [-0.4, -0.2) is 25.2 Å². The van der Waals surface area contributed by atoms with Gasteiger partial charge in [-0.05, 0) is 72.5 Å². The lowest BCUT2D eigenvalue weighted by atomic mass is 9.90. The molecule has 0 radical (unpaired) electrons. The minimum Gasteiger partial charge on any atom is -0.462 e. The number of benzene rings is 3. The first-order chi connectivity index (χ1) is 14.4. The second-order valence-corrected chi connectivity index (χ2v) is 6.40. The van der Waals surface area contributed by atoms with Crippen molar-refractivity contribution in [3.63, 3.8) is 0 Å². The maximum absolute atomic E-state index is 13.4. The molecular weight excluding hydrogens is 390 g/mol. The number of esters is 2. The van der Waals surface area contributed by atoms with Crippen LogP contribution in [0.25, 0.3) is 22.3 Å². The van der Waals surface area contributed by atoms with Crippen molar-refractivity contribution in [2.75, 3.05) is 13.2 Å². The molecular formula is C24H20F2O4. The lowest BCUT2D eigenvalue weighted by Gasteiger charge is -2.16. The third-order valence-corrected chi connectivity index (χ3v) is 4.46. The van der Waals surface area contributed by atoms with Crippen LogP contribution >= 0.6 is 0 Å². The molecule has 0 unspecified atom stereocenters. The fourth-order valence-electron chi connectivity index (χ4n) is 3.09. The molecule has 0 bridgehead atoms. The van der Waals surface area contributed by atoms with E-state index in [2.05, 4.69) is 0 Å². The minimum atomic E-state index is -0.587. The zero-order chi connectivity index (χ0) is 21.7. The van der Waals surface area contributed by atoms with Crippen LogP contribution in [0.3, 0.4) is 0 Å². The number of hydrogen-bond donors (Lipinski definition) is 0. The van der Waals surface area contributed by atoms with Gasteiger partial charge in [0.25, 0.3) is 0 Å². The molecule has 0 heterocycles. The van der Waals surface area contributed by atoms with Crippen LogP contribution in [0.4, 0.5) is 8.78 Å². The van der Waals surface area contributed by atoms with E-state index < -0.39 is 23.6 Å². The van der Waals surface area contributed by atoms with E-state index in [0.717, 1.165) is 0 Å². The van der Waals surface area contributed by atoms with Crippen molar-refractivity contribution in [2.24, 2.45) is 0 Å². The summed E-state index contributed by atoms with van der Waals surface area (Å²) < 4.78 is 37.2. The van der Waals surface area contributed by atoms with Gasteiger partial charge in [0.15, 0.2) is 0 Å². The SMILES string of the molecule is CCOC(=O)c1cc(-c2ccc(F)cc2)c(C(=O)OCC)cc1-c1ccc(F)cc1. The number of carbonyl (C=O) groups excluding carboxylic acids is 2. The van der Waals surface area contributed by atoms with E-state index in [1.54, 1.807) is 13.8 Å². The number of ether oxygens (including phenoxy) is 2. The van der Waals surface area contributed by atoms with Crippen molar-refractivity contribution in [1.82, 2.24) is 0 Å². The highest BCUT2D eigenvalue weighted by atomic mass is 19.1. The lowest BCUT2D eigenvalue weighted by molar-refractivity contribution is 0.0513. The monoisotopic (exact) mass is 410 g/mol. The van der Waals surface area contributed by atoms with Crippen molar-refractivity contribution < 1.29 is 27.8 Å². The summed E-state index contributed by atoms with van der Waals surface area (Å²) in [5.41, 5.74) is 2.29. The summed E-state index contributed by atoms with van der Waals surface area (Å²) in [7, 11) is 0. The molecule has 0 aliphatic carbocycles. The molecule has 4 nitrogen and oxygen atoms in total. The van der Waals surface area contributed by atoms with E-state index in [9.17, 15) is 18.4 Å². The normalized spacial score (nSPS) is 10.5. The summed E-state index contributed by atoms with van der Waals surface area (Å²) >= 11 is 0. The maximum atomic E-state index is 13.4. The van der Waals surface area contributed by atoms with Gasteiger partial charge in [0.1, 0.15) is 11.6 Å². The Kier molecular flexibility index (Phi) is 6.57. The van der Waals surface area contributed by atoms with E-state index >= 15 is 0 Å². The fraction of sp³-hybridized carbons (Fsp3) is 0.167. The van der Waals surface area contributed by atoms with Gasteiger partial charge in [-0.1, -0.05) is 24.3 Å². The van der Waals surface area contributed by atoms with Gasteiger partial charge in [-0.3, -0.25) is 0 Å². The van der Waals surface area contributed by atoms with Crippen molar-refractivity contribution in [1.29, 1.82) is 0 Å². The largest absolute Gasteiger partial charge is 0.462 e. The fourth-order valence-corrected chi connectivity index (χ4v) is 3.09. The molecule has 154 valence electrons. The van der Waals surface area contributed by atoms with Crippen molar-refractivity contribution in [3.05, 3.63) is 83.4 Å². The Labute approximate surface area is 173 Å². The number of halogens is 2. The highest BCUT2D eigenvalue weighted by Crippen LogP contribution is 2.34. The van der Waals surface area contributed by atoms with Crippen LogP contribution in [0.1, 0.15) is 34.6 Å². The van der Waals surface area contributed by atoms with Crippen LogP contribution in [0.2, 0.25) is 0 Å². The van der Waals surface area contributed by atoms with E-state index in [0.29, 0.717) is 22.3 Å². The highest BCUT2D eigenvalue weighted by molar-refractivity contribution is 6.05. The van der Waals surface area contributed by atoms with Crippen molar-refractivity contribution in [2.45, 2.75) is 13.8 Å². The summed E-state index contributed by atoms with van der Waals surface area (Å²) in [6, 6.07) is 14.2. The molecule has 0 N–H and O–H groups in total. The molecule has 0 saturated carbocycles. The van der Waals surface area contributed by atoms with E-state index in [-0.39, 0.29) is 24.3 Å². The van der Waals surface area contributed by atoms with Gasteiger partial charge in [-0.25, -0.2) is 18.4 Å². The number of hydrogen-bond acceptors (Lipinski definition) is 4. The van der Waals surface area contributed by atoms with E-state index in [4.69, 9.17) is 9.47 Å². The molecule has 0 aromatic heterocycles. The first-order valence-corrected chi connectivity index (χ1v) is 9.48. The Bertz CT molecular complexity index is 971. The van der Waals surface area contributed by atoms with Crippen LogP contribution in [-0.2, 0) is 9.47 Å². The molecule has 0 spiro atoms. The van der Waals surface area contributed by atoms with Gasteiger partial charge in [-0.15, -0.1) is 0 Å². The highest BCUT2D eigenvalue weighted by Gasteiger charge is 2.22. The van der Waals surface area contributed by atoms with Gasteiger partial charge in [0.05, 0.1) is 24.3 Å². The summed E-state index contributed by atoms with van der Waals surface area (Å²) in [6.07, 6.45) is 0. The van der Waals surface area contributed by atoms with Crippen LogP contribution in [0.15, 0.2) is 60.7 Å². The zero-order valence-electron chi connectivity index (χ0n) is 16.6. The third-order valence-electron chi connectivity index (χ3n) is 4.46. The standard InChI is InChI=1S/C24H20F2O4/c1-3-29-23(27)21-13-20(16-7-11-18(26)12-8-16)22(24(28)30-4-2)14-19(21)15-5-9-17(25)10-6-15/h5-14H,3-4H2,1-2H3. The molecule has 3 aromatic carbocycles. The van der Waals surface area contributed by atoms with Crippen LogP contribution < -0.4 is 0 Å². The quantitative estimate of drug-likeness (QED) is 0.493. The van der Waals surface area contributed by atoms with Crippen LogP contribution in [0, 0.1) is 11.6 Å². The molecule has 3 aromatic rings. The Morgan fingerprint density at radius 2 is 1.00 bits per heavy atom. The van der Waals surface area contributed by atoms with E-state index in [1.165, 1.54) is 60.7 Å². The average Bonchev–Trinajstić information content (AvgIpc) is 2.74. The molecule has 0 fully saturated rings. The van der Waals surface area contributed by atoms with Crippen LogP contribution in [0.5, 0.6) is 0 Å². The maximum Gasteiger partial charge on any atom is 0.338 e. The average molecular weight is 410 g/mol. The molecule has 6 heteroatoms. The molecule has 0 amide bonds. The smallest absolute Gasteiger partial charge is 0.338 e. The molecule has 0 saturated heterocycles. The van der Waals surface area contributed by atoms with Gasteiger partial charge in [0.2, 0.25) is 0 Å². The second kappa shape index (κ2) is 9.31. The minimum absolute atomic E-state index is 0.160. The topological polar surface area (TPSA) is 52.6 Å². The molecule has 0 aliphatic heterocycles. The molecule has 3 rings (SSSR count). The first kappa shape index (κ1) is 21.2. The first-order valence-electron chi connectivity index (χ1n) is 9.48. The predicted molar refractivity (Wildman–Crippen MR) is 109 cm³/mol. The summed E-state index contributed by atoms with van der Waals surface area (Å²) in [4.78, 5) is 25.4. The summed E-state index contributed by atoms with van der Waals surface area (Å²) in [5, 5.41) is 0. The van der Waals surface area contributed by atoms with Gasteiger partial charge in [0, 0.05) is 0 Å². The number of carbonyl (C=O) groups is 2. The van der Waals surface area contributed by atoms with Crippen molar-refractivity contribution >= 4 is 11.9 Å². The Hall–Kier alpha value is -3.54. The molecule has 0 aliphatic rings. The Balaban J connectivity index is 2.29. The molecule has 30 heavy (non-hydrogen) atoms. The Morgan fingerprint density at radius 1 is 0.667 bits per heavy atom. The lowest BCUT2D eigenvalue weighted by Crippen LogP contribution is -2.11. The van der Waals surface area contributed by atoms with Gasteiger partial charge in [-0.2, -0.15) is 0 Å². The summed E-state index contributed by atoms with van der Waals surface area (Å²) in [5.74, 6) is -2.03. The third kappa shape index (κ3) is 4.54. The number of rotatable bonds is 6.